The summed E-state index contributed by atoms with van der Waals surface area (Å²) in [5.41, 5.74) is -0.158. The third-order valence-corrected chi connectivity index (χ3v) is 2.90. The Hall–Kier alpha value is -1.00. The van der Waals surface area contributed by atoms with Crippen LogP contribution in [0.15, 0.2) is 18.2 Å². The zero-order valence-corrected chi connectivity index (χ0v) is 10.7. The normalized spacial score (nSPS) is 13.8. The Kier molecular flexibility index (Phi) is 4.60. The summed E-state index contributed by atoms with van der Waals surface area (Å²) in [4.78, 5) is 0. The van der Waals surface area contributed by atoms with E-state index >= 15 is 0 Å². The van der Waals surface area contributed by atoms with E-state index < -0.39 is 17.2 Å². The minimum atomic E-state index is -0.575. The minimum Gasteiger partial charge on any atom is -0.377 e. The molecule has 0 saturated carbocycles. The number of likely N-dealkylation sites (N-methyl/N-ethyl adjacent to an activating group) is 1. The molecule has 0 heterocycles. The van der Waals surface area contributed by atoms with Gasteiger partial charge in [0.2, 0.25) is 0 Å². The van der Waals surface area contributed by atoms with Gasteiger partial charge < -0.3 is 10.1 Å². The fourth-order valence-electron chi connectivity index (χ4n) is 1.79. The molecular formula is C13H19F2NO. The van der Waals surface area contributed by atoms with E-state index in [2.05, 4.69) is 5.32 Å². The average Bonchev–Trinajstić information content (AvgIpc) is 2.27. The number of ether oxygens (including phenoxy) is 1. The van der Waals surface area contributed by atoms with Crippen LogP contribution < -0.4 is 5.32 Å². The number of nitrogens with one attached hydrogen (secondary N) is 1. The summed E-state index contributed by atoms with van der Waals surface area (Å²) in [7, 11) is 1.58. The molecule has 96 valence electrons. The van der Waals surface area contributed by atoms with Gasteiger partial charge in [0.1, 0.15) is 11.6 Å². The quantitative estimate of drug-likeness (QED) is 0.858. The van der Waals surface area contributed by atoms with Gasteiger partial charge in [-0.2, -0.15) is 0 Å². The molecule has 0 radical (unpaired) electrons. The molecule has 0 saturated heterocycles. The van der Waals surface area contributed by atoms with Crippen molar-refractivity contribution in [2.45, 2.75) is 32.4 Å². The van der Waals surface area contributed by atoms with Crippen molar-refractivity contribution in [1.29, 1.82) is 0 Å². The first kappa shape index (κ1) is 14.1. The number of halogens is 2. The van der Waals surface area contributed by atoms with Crippen molar-refractivity contribution in [3.05, 3.63) is 35.4 Å². The molecule has 1 aromatic carbocycles. The highest BCUT2D eigenvalue weighted by atomic mass is 19.1. The third kappa shape index (κ3) is 3.23. The SMILES string of the molecule is CCNC(c1ccc(F)cc1F)C(C)(C)OC. The van der Waals surface area contributed by atoms with Gasteiger partial charge >= 0.3 is 0 Å². The second kappa shape index (κ2) is 5.56. The van der Waals surface area contributed by atoms with Crippen molar-refractivity contribution in [3.63, 3.8) is 0 Å². The molecule has 0 bridgehead atoms. The smallest absolute Gasteiger partial charge is 0.131 e. The number of rotatable bonds is 5. The predicted octanol–water partition coefficient (Wildman–Crippen LogP) is 3.04. The van der Waals surface area contributed by atoms with E-state index in [9.17, 15) is 8.78 Å². The van der Waals surface area contributed by atoms with Crippen molar-refractivity contribution >= 4 is 0 Å². The van der Waals surface area contributed by atoms with Crippen LogP contribution in [0.3, 0.4) is 0 Å². The summed E-state index contributed by atoms with van der Waals surface area (Å²) in [5, 5.41) is 3.16. The Morgan fingerprint density at radius 1 is 1.35 bits per heavy atom. The Morgan fingerprint density at radius 3 is 2.47 bits per heavy atom. The van der Waals surface area contributed by atoms with E-state index in [-0.39, 0.29) is 6.04 Å². The first-order valence-electron chi connectivity index (χ1n) is 5.66. The first-order valence-corrected chi connectivity index (χ1v) is 5.66. The molecule has 0 fully saturated rings. The highest BCUT2D eigenvalue weighted by Gasteiger charge is 2.31. The Morgan fingerprint density at radius 2 is 2.00 bits per heavy atom. The summed E-state index contributed by atoms with van der Waals surface area (Å²) >= 11 is 0. The van der Waals surface area contributed by atoms with E-state index in [1.54, 1.807) is 7.11 Å². The maximum Gasteiger partial charge on any atom is 0.131 e. The standard InChI is InChI=1S/C13H19F2NO/c1-5-16-12(13(2,3)17-4)10-7-6-9(14)8-11(10)15/h6-8,12,16H,5H2,1-4H3. The lowest BCUT2D eigenvalue weighted by Crippen LogP contribution is -2.41. The van der Waals surface area contributed by atoms with Crippen molar-refractivity contribution in [3.8, 4) is 0 Å². The molecule has 1 rings (SSSR count). The molecule has 17 heavy (non-hydrogen) atoms. The van der Waals surface area contributed by atoms with Crippen LogP contribution in [-0.2, 0) is 4.74 Å². The van der Waals surface area contributed by atoms with E-state index in [0.717, 1.165) is 6.07 Å². The van der Waals surface area contributed by atoms with Gasteiger partial charge in [0.05, 0.1) is 11.6 Å². The summed E-state index contributed by atoms with van der Waals surface area (Å²) in [6.45, 7) is 6.33. The monoisotopic (exact) mass is 243 g/mol. The average molecular weight is 243 g/mol. The molecule has 1 atom stereocenters. The first-order chi connectivity index (χ1) is 7.92. The van der Waals surface area contributed by atoms with Gasteiger partial charge in [-0.05, 0) is 26.5 Å². The molecule has 4 heteroatoms. The molecule has 0 aliphatic carbocycles. The topological polar surface area (TPSA) is 21.3 Å². The van der Waals surface area contributed by atoms with E-state index in [0.29, 0.717) is 12.1 Å². The van der Waals surface area contributed by atoms with Gasteiger partial charge in [0, 0.05) is 18.7 Å². The van der Waals surface area contributed by atoms with Crippen LogP contribution in [0.5, 0.6) is 0 Å². The maximum absolute atomic E-state index is 13.8. The zero-order chi connectivity index (χ0) is 13.1. The predicted molar refractivity (Wildman–Crippen MR) is 63.9 cm³/mol. The van der Waals surface area contributed by atoms with E-state index in [1.165, 1.54) is 12.1 Å². The van der Waals surface area contributed by atoms with Crippen molar-refractivity contribution < 1.29 is 13.5 Å². The molecule has 0 aliphatic heterocycles. The summed E-state index contributed by atoms with van der Waals surface area (Å²) in [6.07, 6.45) is 0. The summed E-state index contributed by atoms with van der Waals surface area (Å²) in [5.74, 6) is -1.13. The highest BCUT2D eigenvalue weighted by Crippen LogP contribution is 2.30. The highest BCUT2D eigenvalue weighted by molar-refractivity contribution is 5.24. The van der Waals surface area contributed by atoms with Crippen LogP contribution in [0.25, 0.3) is 0 Å². The summed E-state index contributed by atoms with van der Waals surface area (Å²) in [6, 6.07) is 3.29. The molecule has 1 unspecified atom stereocenters. The second-order valence-electron chi connectivity index (χ2n) is 4.46. The van der Waals surface area contributed by atoms with E-state index in [1.807, 2.05) is 20.8 Å². The zero-order valence-electron chi connectivity index (χ0n) is 10.7. The third-order valence-electron chi connectivity index (χ3n) is 2.90. The number of benzene rings is 1. The Balaban J connectivity index is 3.14. The van der Waals surface area contributed by atoms with Crippen molar-refractivity contribution in [2.75, 3.05) is 13.7 Å². The van der Waals surface area contributed by atoms with Crippen LogP contribution in [0.4, 0.5) is 8.78 Å². The van der Waals surface area contributed by atoms with E-state index in [4.69, 9.17) is 4.74 Å². The van der Waals surface area contributed by atoms with Gasteiger partial charge in [-0.25, -0.2) is 8.78 Å². The number of methoxy groups -OCH3 is 1. The molecule has 1 aromatic rings. The molecule has 1 N–H and O–H groups in total. The summed E-state index contributed by atoms with van der Waals surface area (Å²) < 4.78 is 32.0. The van der Waals surface area contributed by atoms with Crippen molar-refractivity contribution in [1.82, 2.24) is 5.32 Å². The molecular weight excluding hydrogens is 224 g/mol. The van der Waals surface area contributed by atoms with Crippen molar-refractivity contribution in [2.24, 2.45) is 0 Å². The molecule has 0 aliphatic rings. The fraction of sp³-hybridized carbons (Fsp3) is 0.538. The van der Waals surface area contributed by atoms with Crippen LogP contribution in [0, 0.1) is 11.6 Å². The lowest BCUT2D eigenvalue weighted by atomic mass is 9.91. The van der Waals surface area contributed by atoms with Gasteiger partial charge in [-0.15, -0.1) is 0 Å². The molecule has 0 amide bonds. The Bertz CT molecular complexity index is 380. The Labute approximate surface area is 101 Å². The molecule has 0 aromatic heterocycles. The van der Waals surface area contributed by atoms with Crippen LogP contribution in [-0.4, -0.2) is 19.3 Å². The number of hydrogen-bond donors (Lipinski definition) is 1. The molecule has 2 nitrogen and oxygen atoms in total. The van der Waals surface area contributed by atoms with Gasteiger partial charge in [-0.1, -0.05) is 13.0 Å². The second-order valence-corrected chi connectivity index (χ2v) is 4.46. The van der Waals surface area contributed by atoms with Gasteiger partial charge in [-0.3, -0.25) is 0 Å². The number of hydrogen-bond acceptors (Lipinski definition) is 2. The molecule has 0 spiro atoms. The lowest BCUT2D eigenvalue weighted by Gasteiger charge is -2.34. The van der Waals surface area contributed by atoms with Crippen LogP contribution in [0.1, 0.15) is 32.4 Å². The maximum atomic E-state index is 13.8. The largest absolute Gasteiger partial charge is 0.377 e. The lowest BCUT2D eigenvalue weighted by molar-refractivity contribution is -0.0116. The fourth-order valence-corrected chi connectivity index (χ4v) is 1.79. The van der Waals surface area contributed by atoms with Crippen LogP contribution in [0.2, 0.25) is 0 Å². The minimum absolute atomic E-state index is 0.321. The van der Waals surface area contributed by atoms with Gasteiger partial charge in [0.15, 0.2) is 0 Å². The van der Waals surface area contributed by atoms with Crippen LogP contribution >= 0.6 is 0 Å². The van der Waals surface area contributed by atoms with Gasteiger partial charge in [0.25, 0.3) is 0 Å².